The standard InChI is InChI=1S/C28H31ClN2O2S/c1-3-30-28(33)26(17-22-11-5-4-6-12-22)31(18-24-14-8-7-10-21(24)2)27(32)20-34-19-23-13-9-15-25(29)16-23/h4-16,26H,3,17-20H2,1-2H3,(H,30,33)/t26-/m0/s1. The quantitative estimate of drug-likeness (QED) is 0.374. The highest BCUT2D eigenvalue weighted by Crippen LogP contribution is 2.21. The fraction of sp³-hybridized carbons (Fsp3) is 0.286. The molecule has 0 saturated carbocycles. The van der Waals surface area contributed by atoms with E-state index >= 15 is 0 Å². The van der Waals surface area contributed by atoms with E-state index in [2.05, 4.69) is 5.32 Å². The van der Waals surface area contributed by atoms with Gasteiger partial charge in [0.2, 0.25) is 11.8 Å². The van der Waals surface area contributed by atoms with Crippen molar-refractivity contribution in [1.29, 1.82) is 0 Å². The molecule has 0 spiro atoms. The molecule has 0 aliphatic heterocycles. The molecule has 0 fully saturated rings. The van der Waals surface area contributed by atoms with Crippen LogP contribution in [0.1, 0.15) is 29.2 Å². The molecule has 0 bridgehead atoms. The molecule has 0 unspecified atom stereocenters. The Hall–Kier alpha value is -2.76. The topological polar surface area (TPSA) is 49.4 Å². The van der Waals surface area contributed by atoms with E-state index in [1.165, 1.54) is 11.8 Å². The Morgan fingerprint density at radius 3 is 2.38 bits per heavy atom. The largest absolute Gasteiger partial charge is 0.355 e. The number of benzene rings is 3. The van der Waals surface area contributed by atoms with Gasteiger partial charge in [-0.3, -0.25) is 9.59 Å². The molecule has 1 atom stereocenters. The molecule has 178 valence electrons. The van der Waals surface area contributed by atoms with Crippen LogP contribution in [0.25, 0.3) is 0 Å². The molecule has 3 aromatic rings. The van der Waals surface area contributed by atoms with Gasteiger partial charge in [-0.2, -0.15) is 0 Å². The summed E-state index contributed by atoms with van der Waals surface area (Å²) in [5, 5.41) is 3.62. The van der Waals surface area contributed by atoms with Crippen molar-refractivity contribution in [2.75, 3.05) is 12.3 Å². The first-order chi connectivity index (χ1) is 16.5. The minimum Gasteiger partial charge on any atom is -0.355 e. The molecule has 6 heteroatoms. The van der Waals surface area contributed by atoms with Crippen molar-refractivity contribution >= 4 is 35.2 Å². The maximum atomic E-state index is 13.6. The number of halogens is 1. The molecule has 34 heavy (non-hydrogen) atoms. The molecule has 0 saturated heterocycles. The van der Waals surface area contributed by atoms with Crippen molar-refractivity contribution in [1.82, 2.24) is 10.2 Å². The third-order valence-corrected chi connectivity index (χ3v) is 6.83. The SMILES string of the molecule is CCNC(=O)[C@H](Cc1ccccc1)N(Cc1ccccc1C)C(=O)CSCc1cccc(Cl)c1. The molecule has 2 amide bonds. The van der Waals surface area contributed by atoms with Crippen LogP contribution in [0, 0.1) is 6.92 Å². The van der Waals surface area contributed by atoms with E-state index in [9.17, 15) is 9.59 Å². The third-order valence-electron chi connectivity index (χ3n) is 5.61. The van der Waals surface area contributed by atoms with E-state index in [-0.39, 0.29) is 17.6 Å². The zero-order valence-electron chi connectivity index (χ0n) is 19.7. The first-order valence-electron chi connectivity index (χ1n) is 11.5. The number of nitrogens with zero attached hydrogens (tertiary/aromatic N) is 1. The lowest BCUT2D eigenvalue weighted by atomic mass is 10.0. The fourth-order valence-electron chi connectivity index (χ4n) is 3.78. The molecule has 3 aromatic carbocycles. The summed E-state index contributed by atoms with van der Waals surface area (Å²) in [6.07, 6.45) is 0.462. The van der Waals surface area contributed by atoms with Crippen LogP contribution in [0.5, 0.6) is 0 Å². The number of rotatable bonds is 11. The van der Waals surface area contributed by atoms with Gasteiger partial charge < -0.3 is 10.2 Å². The van der Waals surface area contributed by atoms with E-state index in [1.54, 1.807) is 4.90 Å². The van der Waals surface area contributed by atoms with Crippen LogP contribution < -0.4 is 5.32 Å². The fourth-order valence-corrected chi connectivity index (χ4v) is 4.85. The lowest BCUT2D eigenvalue weighted by Crippen LogP contribution is -2.51. The second kappa shape index (κ2) is 13.2. The van der Waals surface area contributed by atoms with Crippen LogP contribution in [0.2, 0.25) is 5.02 Å². The van der Waals surface area contributed by atoms with Gasteiger partial charge in [-0.25, -0.2) is 0 Å². The third kappa shape index (κ3) is 7.64. The molecule has 3 rings (SSSR count). The van der Waals surface area contributed by atoms with Crippen LogP contribution in [0.3, 0.4) is 0 Å². The van der Waals surface area contributed by atoms with Crippen molar-refractivity contribution < 1.29 is 9.59 Å². The van der Waals surface area contributed by atoms with Gasteiger partial charge >= 0.3 is 0 Å². The normalized spacial score (nSPS) is 11.6. The van der Waals surface area contributed by atoms with Crippen molar-refractivity contribution in [2.45, 2.75) is 38.6 Å². The summed E-state index contributed by atoms with van der Waals surface area (Å²) in [4.78, 5) is 28.5. The minimum atomic E-state index is -0.596. The molecule has 0 radical (unpaired) electrons. The predicted octanol–water partition coefficient (Wildman–Crippen LogP) is 5.66. The van der Waals surface area contributed by atoms with Crippen LogP contribution in [-0.2, 0) is 28.3 Å². The average molecular weight is 495 g/mol. The first-order valence-corrected chi connectivity index (χ1v) is 13.0. The van der Waals surface area contributed by atoms with Crippen molar-refractivity contribution in [3.05, 3.63) is 106 Å². The van der Waals surface area contributed by atoms with Crippen LogP contribution >= 0.6 is 23.4 Å². The Morgan fingerprint density at radius 2 is 1.68 bits per heavy atom. The molecular weight excluding hydrogens is 464 g/mol. The Bertz CT molecular complexity index is 1090. The van der Waals surface area contributed by atoms with Gasteiger partial charge in [0.05, 0.1) is 5.75 Å². The van der Waals surface area contributed by atoms with E-state index in [1.807, 2.05) is 92.7 Å². The summed E-state index contributed by atoms with van der Waals surface area (Å²) in [5.41, 5.74) is 4.23. The van der Waals surface area contributed by atoms with E-state index < -0.39 is 6.04 Å². The summed E-state index contributed by atoms with van der Waals surface area (Å²) in [6, 6.07) is 24.9. The molecular formula is C28H31ClN2O2S. The van der Waals surface area contributed by atoms with Gasteiger partial charge in [-0.1, -0.05) is 78.3 Å². The van der Waals surface area contributed by atoms with Gasteiger partial charge in [0.1, 0.15) is 6.04 Å². The number of nitrogens with one attached hydrogen (secondary N) is 1. The van der Waals surface area contributed by atoms with Crippen LogP contribution in [0.15, 0.2) is 78.9 Å². The van der Waals surface area contributed by atoms with Crippen molar-refractivity contribution in [3.8, 4) is 0 Å². The summed E-state index contributed by atoms with van der Waals surface area (Å²) >= 11 is 7.63. The summed E-state index contributed by atoms with van der Waals surface area (Å²) in [5.74, 6) is 0.772. The number of carbonyl (C=O) groups is 2. The van der Waals surface area contributed by atoms with E-state index in [0.717, 1.165) is 22.3 Å². The second-order valence-electron chi connectivity index (χ2n) is 8.17. The highest BCUT2D eigenvalue weighted by atomic mass is 35.5. The van der Waals surface area contributed by atoms with Gasteiger partial charge in [0.25, 0.3) is 0 Å². The Kier molecular flexibility index (Phi) is 10.0. The first kappa shape index (κ1) is 25.9. The number of thioether (sulfide) groups is 1. The van der Waals surface area contributed by atoms with Crippen molar-refractivity contribution in [2.24, 2.45) is 0 Å². The van der Waals surface area contributed by atoms with Crippen LogP contribution in [0.4, 0.5) is 0 Å². The summed E-state index contributed by atoms with van der Waals surface area (Å²) in [6.45, 7) is 4.83. The molecule has 0 aliphatic carbocycles. The predicted molar refractivity (Wildman–Crippen MR) is 142 cm³/mol. The molecule has 0 aromatic heterocycles. The number of carbonyl (C=O) groups excluding carboxylic acids is 2. The Labute approximate surface area is 211 Å². The maximum Gasteiger partial charge on any atom is 0.243 e. The minimum absolute atomic E-state index is 0.0533. The lowest BCUT2D eigenvalue weighted by Gasteiger charge is -2.32. The molecule has 0 heterocycles. The second-order valence-corrected chi connectivity index (χ2v) is 9.59. The summed E-state index contributed by atoms with van der Waals surface area (Å²) < 4.78 is 0. The molecule has 1 N–H and O–H groups in total. The highest BCUT2D eigenvalue weighted by Gasteiger charge is 2.30. The average Bonchev–Trinajstić information content (AvgIpc) is 2.83. The van der Waals surface area contributed by atoms with Crippen molar-refractivity contribution in [3.63, 3.8) is 0 Å². The van der Waals surface area contributed by atoms with Crippen LogP contribution in [-0.4, -0.2) is 35.1 Å². The van der Waals surface area contributed by atoms with Gasteiger partial charge in [0, 0.05) is 30.3 Å². The maximum absolute atomic E-state index is 13.6. The molecule has 4 nitrogen and oxygen atoms in total. The zero-order valence-corrected chi connectivity index (χ0v) is 21.2. The zero-order chi connectivity index (χ0) is 24.3. The number of hydrogen-bond donors (Lipinski definition) is 1. The van der Waals surface area contributed by atoms with Gasteiger partial charge in [0.15, 0.2) is 0 Å². The monoisotopic (exact) mass is 494 g/mol. The Morgan fingerprint density at radius 1 is 0.971 bits per heavy atom. The number of likely N-dealkylation sites (N-methyl/N-ethyl adjacent to an activating group) is 1. The summed E-state index contributed by atoms with van der Waals surface area (Å²) in [7, 11) is 0. The van der Waals surface area contributed by atoms with E-state index in [0.29, 0.717) is 30.3 Å². The van der Waals surface area contributed by atoms with Gasteiger partial charge in [-0.15, -0.1) is 11.8 Å². The molecule has 0 aliphatic rings. The number of aryl methyl sites for hydroxylation is 1. The smallest absolute Gasteiger partial charge is 0.243 e. The van der Waals surface area contributed by atoms with E-state index in [4.69, 9.17) is 11.6 Å². The number of hydrogen-bond acceptors (Lipinski definition) is 3. The highest BCUT2D eigenvalue weighted by molar-refractivity contribution is 7.99. The number of amides is 2. The Balaban J connectivity index is 1.83. The van der Waals surface area contributed by atoms with Gasteiger partial charge in [-0.05, 0) is 48.2 Å². The lowest BCUT2D eigenvalue weighted by molar-refractivity contribution is -0.139.